The van der Waals surface area contributed by atoms with E-state index in [0.29, 0.717) is 35.7 Å². The van der Waals surface area contributed by atoms with Crippen molar-refractivity contribution in [1.82, 2.24) is 4.90 Å². The number of hydrogen-bond acceptors (Lipinski definition) is 4. The van der Waals surface area contributed by atoms with E-state index in [0.717, 1.165) is 37.5 Å². The zero-order valence-electron chi connectivity index (χ0n) is 19.8. The van der Waals surface area contributed by atoms with Crippen molar-refractivity contribution in [3.63, 3.8) is 0 Å². The molecule has 1 saturated heterocycles. The number of rotatable bonds is 4. The number of fused-ring (bicyclic) bond motifs is 1. The summed E-state index contributed by atoms with van der Waals surface area (Å²) in [6.45, 7) is 13.7. The van der Waals surface area contributed by atoms with Gasteiger partial charge in [-0.1, -0.05) is 43.7 Å². The lowest BCUT2D eigenvalue weighted by Gasteiger charge is -2.45. The second-order valence-electron chi connectivity index (χ2n) is 11.6. The summed E-state index contributed by atoms with van der Waals surface area (Å²) in [4.78, 5) is 2.47. The van der Waals surface area contributed by atoms with Crippen LogP contribution < -0.4 is 0 Å². The van der Waals surface area contributed by atoms with Crippen LogP contribution in [0.25, 0.3) is 0 Å². The maximum atomic E-state index is 10.3. The van der Waals surface area contributed by atoms with Crippen molar-refractivity contribution < 1.29 is 15.3 Å². The van der Waals surface area contributed by atoms with Crippen molar-refractivity contribution in [1.29, 1.82) is 0 Å². The molecule has 0 unspecified atom stereocenters. The molecule has 4 nitrogen and oxygen atoms in total. The molecule has 0 bridgehead atoms. The normalized spacial score (nSPS) is 44.0. The Labute approximate surface area is 188 Å². The highest BCUT2D eigenvalue weighted by atomic mass is 16.3. The summed E-state index contributed by atoms with van der Waals surface area (Å²) in [5.41, 5.74) is 3.12. The molecule has 4 heteroatoms. The minimum absolute atomic E-state index is 0.365. The monoisotopic (exact) mass is 429 g/mol. The number of aliphatic hydroxyl groups is 3. The van der Waals surface area contributed by atoms with Gasteiger partial charge in [0, 0.05) is 19.6 Å². The van der Waals surface area contributed by atoms with Gasteiger partial charge in [0.05, 0.1) is 17.8 Å². The van der Waals surface area contributed by atoms with Crippen molar-refractivity contribution in [2.45, 2.75) is 89.9 Å². The van der Waals surface area contributed by atoms with Crippen molar-refractivity contribution in [2.24, 2.45) is 23.2 Å². The Morgan fingerprint density at radius 3 is 2.48 bits per heavy atom. The first-order valence-electron chi connectivity index (χ1n) is 12.5. The topological polar surface area (TPSA) is 63.9 Å². The summed E-state index contributed by atoms with van der Waals surface area (Å²) in [5.74, 6) is 2.04. The van der Waals surface area contributed by atoms with Crippen LogP contribution in [0, 0.1) is 23.2 Å². The van der Waals surface area contributed by atoms with Crippen LogP contribution >= 0.6 is 0 Å². The Balaban J connectivity index is 1.44. The third-order valence-electron chi connectivity index (χ3n) is 9.10. The molecule has 1 heterocycles. The van der Waals surface area contributed by atoms with E-state index in [1.807, 2.05) is 6.92 Å². The van der Waals surface area contributed by atoms with Gasteiger partial charge in [0.15, 0.2) is 0 Å². The Morgan fingerprint density at radius 1 is 1.13 bits per heavy atom. The third kappa shape index (κ3) is 4.73. The van der Waals surface area contributed by atoms with Crippen molar-refractivity contribution in [3.8, 4) is 0 Å². The van der Waals surface area contributed by atoms with Gasteiger partial charge in [-0.25, -0.2) is 0 Å². The van der Waals surface area contributed by atoms with Crippen LogP contribution in [0.3, 0.4) is 0 Å². The van der Waals surface area contributed by atoms with Gasteiger partial charge in [-0.3, -0.25) is 0 Å². The van der Waals surface area contributed by atoms with Crippen LogP contribution in [0.1, 0.15) is 72.1 Å². The highest BCUT2D eigenvalue weighted by Gasteiger charge is 2.51. The lowest BCUT2D eigenvalue weighted by Crippen LogP contribution is -2.40. The lowest BCUT2D eigenvalue weighted by molar-refractivity contribution is 0.0549. The van der Waals surface area contributed by atoms with Crippen LogP contribution in [0.4, 0.5) is 0 Å². The van der Waals surface area contributed by atoms with Gasteiger partial charge < -0.3 is 20.2 Å². The SMILES string of the molecule is C=C1[C@H](O)CC(=C/C=C2\CCC[C@]3(C)[C@@H]([C@H](C)CN4CC[C@](C)(O)C4)CC[C@@H]23)C[C@H]1O. The molecule has 7 atom stereocenters. The number of β-amino-alcohol motifs (C(OH)–C–C–N with tert-alkyl or cyclic N) is 1. The summed E-state index contributed by atoms with van der Waals surface area (Å²) in [6.07, 6.45) is 11.7. The minimum Gasteiger partial charge on any atom is -0.389 e. The number of aliphatic hydroxyl groups excluding tert-OH is 2. The number of nitrogens with zero attached hydrogens (tertiary/aromatic N) is 1. The van der Waals surface area contributed by atoms with Crippen LogP contribution in [-0.2, 0) is 0 Å². The highest BCUT2D eigenvalue weighted by Crippen LogP contribution is 2.59. The van der Waals surface area contributed by atoms with E-state index >= 15 is 0 Å². The summed E-state index contributed by atoms with van der Waals surface area (Å²) in [5, 5.41) is 30.6. The van der Waals surface area contributed by atoms with Gasteiger partial charge in [0.25, 0.3) is 0 Å². The first-order chi connectivity index (χ1) is 14.6. The average Bonchev–Trinajstić information content (AvgIpc) is 3.22. The maximum absolute atomic E-state index is 10.3. The van der Waals surface area contributed by atoms with Gasteiger partial charge >= 0.3 is 0 Å². The van der Waals surface area contributed by atoms with Gasteiger partial charge in [-0.2, -0.15) is 0 Å². The molecule has 31 heavy (non-hydrogen) atoms. The smallest absolute Gasteiger partial charge is 0.0809 e. The molecule has 3 saturated carbocycles. The van der Waals surface area contributed by atoms with Crippen LogP contribution in [0.15, 0.2) is 35.5 Å². The molecule has 0 aromatic rings. The Morgan fingerprint density at radius 2 is 1.84 bits per heavy atom. The molecule has 0 amide bonds. The average molecular weight is 430 g/mol. The Bertz CT molecular complexity index is 738. The van der Waals surface area contributed by atoms with E-state index < -0.39 is 17.8 Å². The quantitative estimate of drug-likeness (QED) is 0.586. The molecule has 4 rings (SSSR count). The van der Waals surface area contributed by atoms with Crippen LogP contribution in [0.5, 0.6) is 0 Å². The first-order valence-corrected chi connectivity index (χ1v) is 12.5. The maximum Gasteiger partial charge on any atom is 0.0809 e. The van der Waals surface area contributed by atoms with Gasteiger partial charge in [0.1, 0.15) is 0 Å². The number of likely N-dealkylation sites (tertiary alicyclic amines) is 1. The van der Waals surface area contributed by atoms with Crippen LogP contribution in [0.2, 0.25) is 0 Å². The van der Waals surface area contributed by atoms with E-state index in [1.165, 1.54) is 32.1 Å². The predicted molar refractivity (Wildman–Crippen MR) is 126 cm³/mol. The molecule has 174 valence electrons. The highest BCUT2D eigenvalue weighted by molar-refractivity contribution is 5.29. The largest absolute Gasteiger partial charge is 0.389 e. The second kappa shape index (κ2) is 8.78. The Hall–Kier alpha value is -0.940. The summed E-state index contributed by atoms with van der Waals surface area (Å²) in [6, 6.07) is 0. The van der Waals surface area contributed by atoms with Gasteiger partial charge in [0.2, 0.25) is 0 Å². The summed E-state index contributed by atoms with van der Waals surface area (Å²) < 4.78 is 0. The molecule has 3 aliphatic carbocycles. The van der Waals surface area contributed by atoms with E-state index in [1.54, 1.807) is 5.57 Å². The number of allylic oxidation sites excluding steroid dienone is 3. The van der Waals surface area contributed by atoms with Crippen molar-refractivity contribution >= 4 is 0 Å². The van der Waals surface area contributed by atoms with Crippen molar-refractivity contribution in [2.75, 3.05) is 19.6 Å². The second-order valence-corrected chi connectivity index (χ2v) is 11.6. The summed E-state index contributed by atoms with van der Waals surface area (Å²) in [7, 11) is 0. The number of hydrogen-bond donors (Lipinski definition) is 3. The molecule has 1 aliphatic heterocycles. The molecule has 0 aromatic heterocycles. The van der Waals surface area contributed by atoms with E-state index in [9.17, 15) is 15.3 Å². The van der Waals surface area contributed by atoms with Crippen LogP contribution in [-0.4, -0.2) is 57.7 Å². The van der Waals surface area contributed by atoms with Crippen molar-refractivity contribution in [3.05, 3.63) is 35.5 Å². The zero-order valence-corrected chi connectivity index (χ0v) is 19.8. The molecule has 4 fully saturated rings. The lowest BCUT2D eigenvalue weighted by atomic mass is 9.61. The van der Waals surface area contributed by atoms with E-state index in [4.69, 9.17) is 0 Å². The first kappa shape index (κ1) is 23.2. The molecule has 4 aliphatic rings. The molecule has 0 aromatic carbocycles. The standard InChI is InChI=1S/C27H43NO3/c1-18(16-28-13-12-26(3,31)17-28)22-9-10-23-21(6-5-11-27(22,23)4)8-7-20-14-24(29)19(2)25(30)15-20/h7-8,18,22-25,29-31H,2,5-6,9-17H2,1,3-4H3/b21-8+/t18-,22-,23+,24-,25-,26+,27-/m1/s1. The molecular weight excluding hydrogens is 386 g/mol. The molecule has 0 spiro atoms. The summed E-state index contributed by atoms with van der Waals surface area (Å²) >= 11 is 0. The van der Waals surface area contributed by atoms with Gasteiger partial charge in [-0.05, 0) is 87.0 Å². The predicted octanol–water partition coefficient (Wildman–Crippen LogP) is 4.22. The molecule has 0 radical (unpaired) electrons. The molecular formula is C27H43NO3. The van der Waals surface area contributed by atoms with E-state index in [-0.39, 0.29) is 0 Å². The fourth-order valence-electron chi connectivity index (χ4n) is 7.37. The Kier molecular flexibility index (Phi) is 6.58. The molecule has 3 N–H and O–H groups in total. The fourth-order valence-corrected chi connectivity index (χ4v) is 7.37. The zero-order chi connectivity index (χ0) is 22.4. The van der Waals surface area contributed by atoms with Gasteiger partial charge in [-0.15, -0.1) is 0 Å². The minimum atomic E-state index is -0.618. The van der Waals surface area contributed by atoms with E-state index in [2.05, 4.69) is 37.5 Å². The third-order valence-corrected chi connectivity index (χ3v) is 9.10. The fraction of sp³-hybridized carbons (Fsp3) is 0.778.